The van der Waals surface area contributed by atoms with Crippen LogP contribution in [0.25, 0.3) is 10.6 Å². The van der Waals surface area contributed by atoms with Gasteiger partial charge in [-0.25, -0.2) is 4.98 Å². The molecule has 0 radical (unpaired) electrons. The topological polar surface area (TPSA) is 43.4 Å². The summed E-state index contributed by atoms with van der Waals surface area (Å²) in [7, 11) is 0. The van der Waals surface area contributed by atoms with Crippen LogP contribution in [0.15, 0.2) is 23.6 Å². The van der Waals surface area contributed by atoms with Crippen molar-refractivity contribution in [3.8, 4) is 22.1 Å². The molecule has 0 amide bonds. The summed E-state index contributed by atoms with van der Waals surface area (Å²) in [6.07, 6.45) is 1.13. The van der Waals surface area contributed by atoms with Gasteiger partial charge in [-0.05, 0) is 38.1 Å². The molecule has 1 aliphatic heterocycles. The summed E-state index contributed by atoms with van der Waals surface area (Å²) >= 11 is 1.67. The highest BCUT2D eigenvalue weighted by Gasteiger charge is 2.15. The Labute approximate surface area is 129 Å². The summed E-state index contributed by atoms with van der Waals surface area (Å²) in [6.45, 7) is 6.56. The van der Waals surface area contributed by atoms with Gasteiger partial charge in [-0.3, -0.25) is 0 Å². The first-order chi connectivity index (χ1) is 10.3. The van der Waals surface area contributed by atoms with E-state index < -0.39 is 0 Å². The molecule has 0 saturated carbocycles. The first-order valence-corrected chi connectivity index (χ1v) is 8.24. The van der Waals surface area contributed by atoms with E-state index in [-0.39, 0.29) is 6.04 Å². The minimum Gasteiger partial charge on any atom is -0.486 e. The summed E-state index contributed by atoms with van der Waals surface area (Å²) < 4.78 is 11.2. The Bertz CT molecular complexity index is 612. The van der Waals surface area contributed by atoms with Crippen LogP contribution in [0, 0.1) is 0 Å². The molecule has 1 aliphatic rings. The van der Waals surface area contributed by atoms with Crippen molar-refractivity contribution in [3.63, 3.8) is 0 Å². The lowest BCUT2D eigenvalue weighted by Gasteiger charge is -2.18. The van der Waals surface area contributed by atoms with Crippen LogP contribution in [-0.4, -0.2) is 24.7 Å². The van der Waals surface area contributed by atoms with Crippen molar-refractivity contribution in [1.29, 1.82) is 0 Å². The zero-order chi connectivity index (χ0) is 14.7. The van der Waals surface area contributed by atoms with E-state index in [1.165, 1.54) is 0 Å². The standard InChI is InChI=1S/C16H20N2O2S/c1-3-6-17-11(2)13-10-21-16(18-13)12-4-5-14-15(9-12)20-8-7-19-14/h4-5,9-11,17H,3,6-8H2,1-2H3. The molecule has 112 valence electrons. The molecule has 4 nitrogen and oxygen atoms in total. The van der Waals surface area contributed by atoms with Crippen LogP contribution in [0.2, 0.25) is 0 Å². The highest BCUT2D eigenvalue weighted by atomic mass is 32.1. The maximum absolute atomic E-state index is 5.63. The van der Waals surface area contributed by atoms with Crippen LogP contribution in [-0.2, 0) is 0 Å². The minimum atomic E-state index is 0.284. The van der Waals surface area contributed by atoms with Gasteiger partial charge in [0.2, 0.25) is 0 Å². The third kappa shape index (κ3) is 3.19. The number of nitrogens with zero attached hydrogens (tertiary/aromatic N) is 1. The predicted octanol–water partition coefficient (Wildman–Crippen LogP) is 3.64. The minimum absolute atomic E-state index is 0.284. The Balaban J connectivity index is 1.79. The molecular formula is C16H20N2O2S. The van der Waals surface area contributed by atoms with Gasteiger partial charge in [-0.15, -0.1) is 11.3 Å². The zero-order valence-electron chi connectivity index (χ0n) is 12.4. The van der Waals surface area contributed by atoms with Gasteiger partial charge in [-0.2, -0.15) is 0 Å². The first-order valence-electron chi connectivity index (χ1n) is 7.36. The van der Waals surface area contributed by atoms with Gasteiger partial charge in [0.05, 0.1) is 5.69 Å². The highest BCUT2D eigenvalue weighted by molar-refractivity contribution is 7.13. The lowest BCUT2D eigenvalue weighted by atomic mass is 10.2. The Kier molecular flexibility index (Phi) is 4.41. The Morgan fingerprint density at radius 1 is 1.29 bits per heavy atom. The van der Waals surface area contributed by atoms with Crippen LogP contribution < -0.4 is 14.8 Å². The van der Waals surface area contributed by atoms with Crippen molar-refractivity contribution < 1.29 is 9.47 Å². The second kappa shape index (κ2) is 6.45. The molecular weight excluding hydrogens is 284 g/mol. The smallest absolute Gasteiger partial charge is 0.162 e. The molecule has 1 aromatic heterocycles. The van der Waals surface area contributed by atoms with Crippen molar-refractivity contribution in [1.82, 2.24) is 10.3 Å². The number of aromatic nitrogens is 1. The number of benzene rings is 1. The monoisotopic (exact) mass is 304 g/mol. The summed E-state index contributed by atoms with van der Waals surface area (Å²) in [5, 5.41) is 6.61. The maximum Gasteiger partial charge on any atom is 0.162 e. The largest absolute Gasteiger partial charge is 0.486 e. The van der Waals surface area contributed by atoms with E-state index >= 15 is 0 Å². The van der Waals surface area contributed by atoms with E-state index in [9.17, 15) is 0 Å². The molecule has 2 aromatic rings. The van der Waals surface area contributed by atoms with Gasteiger partial charge in [-0.1, -0.05) is 6.92 Å². The molecule has 1 aromatic carbocycles. The number of hydrogen-bond acceptors (Lipinski definition) is 5. The Morgan fingerprint density at radius 2 is 2.10 bits per heavy atom. The quantitative estimate of drug-likeness (QED) is 0.916. The summed E-state index contributed by atoms with van der Waals surface area (Å²) in [6, 6.07) is 6.30. The Hall–Kier alpha value is -1.59. The van der Waals surface area contributed by atoms with E-state index in [2.05, 4.69) is 24.5 Å². The fourth-order valence-electron chi connectivity index (χ4n) is 2.26. The molecule has 0 bridgehead atoms. The number of nitrogens with one attached hydrogen (secondary N) is 1. The molecule has 0 spiro atoms. The van der Waals surface area contributed by atoms with Gasteiger partial charge in [0.15, 0.2) is 11.5 Å². The third-order valence-corrected chi connectivity index (χ3v) is 4.36. The van der Waals surface area contributed by atoms with Gasteiger partial charge in [0.1, 0.15) is 18.2 Å². The highest BCUT2D eigenvalue weighted by Crippen LogP contribution is 2.35. The molecule has 1 unspecified atom stereocenters. The van der Waals surface area contributed by atoms with Crippen molar-refractivity contribution in [2.45, 2.75) is 26.3 Å². The fraction of sp³-hybridized carbons (Fsp3) is 0.438. The Morgan fingerprint density at radius 3 is 2.90 bits per heavy atom. The van der Waals surface area contributed by atoms with E-state index in [4.69, 9.17) is 14.5 Å². The fourth-order valence-corrected chi connectivity index (χ4v) is 3.17. The van der Waals surface area contributed by atoms with Crippen molar-refractivity contribution in [2.24, 2.45) is 0 Å². The predicted molar refractivity (Wildman–Crippen MR) is 85.2 cm³/mol. The number of rotatable bonds is 5. The molecule has 5 heteroatoms. The van der Waals surface area contributed by atoms with Gasteiger partial charge < -0.3 is 14.8 Å². The summed E-state index contributed by atoms with van der Waals surface area (Å²) in [5.41, 5.74) is 2.18. The van der Waals surface area contributed by atoms with Crippen LogP contribution in [0.3, 0.4) is 0 Å². The van der Waals surface area contributed by atoms with Crippen LogP contribution in [0.4, 0.5) is 0 Å². The summed E-state index contributed by atoms with van der Waals surface area (Å²) in [4.78, 5) is 4.74. The second-order valence-electron chi connectivity index (χ2n) is 5.11. The summed E-state index contributed by atoms with van der Waals surface area (Å²) in [5.74, 6) is 1.63. The van der Waals surface area contributed by atoms with Gasteiger partial charge in [0, 0.05) is 17.0 Å². The maximum atomic E-state index is 5.63. The number of fused-ring (bicyclic) bond motifs is 1. The normalized spacial score (nSPS) is 15.0. The molecule has 2 heterocycles. The molecule has 21 heavy (non-hydrogen) atoms. The molecule has 1 N–H and O–H groups in total. The lowest BCUT2D eigenvalue weighted by Crippen LogP contribution is -2.19. The van der Waals surface area contributed by atoms with Crippen molar-refractivity contribution in [3.05, 3.63) is 29.3 Å². The number of thiazole rings is 1. The van der Waals surface area contributed by atoms with Gasteiger partial charge >= 0.3 is 0 Å². The third-order valence-electron chi connectivity index (χ3n) is 3.46. The zero-order valence-corrected chi connectivity index (χ0v) is 13.2. The van der Waals surface area contributed by atoms with Crippen molar-refractivity contribution >= 4 is 11.3 Å². The van der Waals surface area contributed by atoms with Crippen LogP contribution >= 0.6 is 11.3 Å². The van der Waals surface area contributed by atoms with E-state index in [0.29, 0.717) is 13.2 Å². The molecule has 0 fully saturated rings. The average molecular weight is 304 g/mol. The lowest BCUT2D eigenvalue weighted by molar-refractivity contribution is 0.171. The molecule has 0 aliphatic carbocycles. The number of hydrogen-bond donors (Lipinski definition) is 1. The molecule has 1 atom stereocenters. The molecule has 3 rings (SSSR count). The SMILES string of the molecule is CCCNC(C)c1csc(-c2ccc3c(c2)OCCO3)n1. The second-order valence-corrected chi connectivity index (χ2v) is 5.97. The number of ether oxygens (including phenoxy) is 2. The molecule has 0 saturated heterocycles. The van der Waals surface area contributed by atoms with Crippen LogP contribution in [0.5, 0.6) is 11.5 Å². The average Bonchev–Trinajstić information content (AvgIpc) is 3.02. The first kappa shape index (κ1) is 14.4. The van der Waals surface area contributed by atoms with E-state index in [0.717, 1.165) is 40.7 Å². The van der Waals surface area contributed by atoms with E-state index in [1.54, 1.807) is 11.3 Å². The van der Waals surface area contributed by atoms with Crippen molar-refractivity contribution in [2.75, 3.05) is 19.8 Å². The van der Waals surface area contributed by atoms with Gasteiger partial charge in [0.25, 0.3) is 0 Å². The van der Waals surface area contributed by atoms with E-state index in [1.807, 2.05) is 18.2 Å². The van der Waals surface area contributed by atoms with Crippen LogP contribution in [0.1, 0.15) is 32.0 Å².